The van der Waals surface area contributed by atoms with E-state index < -0.39 is 0 Å². The number of thioether (sulfide) groups is 1. The van der Waals surface area contributed by atoms with E-state index in [1.165, 1.54) is 4.90 Å². The largest absolute Gasteiger partial charge is 0.383 e. The lowest BCUT2D eigenvalue weighted by atomic mass is 10.1. The summed E-state index contributed by atoms with van der Waals surface area (Å²) in [6, 6.07) is 8.38. The van der Waals surface area contributed by atoms with Crippen LogP contribution in [0.25, 0.3) is 0 Å². The lowest BCUT2D eigenvalue weighted by Gasteiger charge is -2.37. The second-order valence-electron chi connectivity index (χ2n) is 5.59. The summed E-state index contributed by atoms with van der Waals surface area (Å²) < 4.78 is 5.21. The lowest BCUT2D eigenvalue weighted by Crippen LogP contribution is -2.52. The normalized spacial score (nSPS) is 17.5. The standard InChI is InChI=1S/C17H26N2O2S/c1-4-22-16-7-5-6-15(12-16)17(20)19-10-8-18(9-11-19)14(2)13-21-3/h5-7,12,14H,4,8-11,13H2,1-3H3/t14-/m1/s1. The monoisotopic (exact) mass is 322 g/mol. The summed E-state index contributed by atoms with van der Waals surface area (Å²) in [6.45, 7) is 8.45. The minimum absolute atomic E-state index is 0.151. The molecule has 0 N–H and O–H groups in total. The Kier molecular flexibility index (Phi) is 6.73. The maximum atomic E-state index is 12.6. The second-order valence-corrected chi connectivity index (χ2v) is 6.93. The number of hydrogen-bond acceptors (Lipinski definition) is 4. The Balaban J connectivity index is 1.93. The van der Waals surface area contributed by atoms with Crippen LogP contribution in [-0.2, 0) is 4.74 Å². The molecule has 0 aromatic heterocycles. The van der Waals surface area contributed by atoms with E-state index in [-0.39, 0.29) is 5.91 Å². The topological polar surface area (TPSA) is 32.8 Å². The second kappa shape index (κ2) is 8.56. The van der Waals surface area contributed by atoms with Crippen LogP contribution in [-0.4, -0.2) is 67.4 Å². The highest BCUT2D eigenvalue weighted by Gasteiger charge is 2.24. The molecule has 1 fully saturated rings. The molecule has 0 bridgehead atoms. The van der Waals surface area contributed by atoms with Gasteiger partial charge >= 0.3 is 0 Å². The van der Waals surface area contributed by atoms with Gasteiger partial charge in [0.1, 0.15) is 0 Å². The van der Waals surface area contributed by atoms with Gasteiger partial charge in [-0.3, -0.25) is 9.69 Å². The first-order valence-corrected chi connectivity index (χ1v) is 8.89. The Morgan fingerprint density at radius 3 is 2.68 bits per heavy atom. The molecule has 0 unspecified atom stereocenters. The number of carbonyl (C=O) groups is 1. The van der Waals surface area contributed by atoms with Gasteiger partial charge in [-0.2, -0.15) is 0 Å². The van der Waals surface area contributed by atoms with Crippen LogP contribution in [0.3, 0.4) is 0 Å². The zero-order valence-corrected chi connectivity index (χ0v) is 14.6. The van der Waals surface area contributed by atoms with Crippen molar-refractivity contribution in [1.82, 2.24) is 9.80 Å². The molecule has 1 saturated heterocycles. The van der Waals surface area contributed by atoms with Crippen LogP contribution in [0.2, 0.25) is 0 Å². The minimum atomic E-state index is 0.151. The molecule has 1 amide bonds. The lowest BCUT2D eigenvalue weighted by molar-refractivity contribution is 0.0448. The van der Waals surface area contributed by atoms with Crippen LogP contribution in [0.15, 0.2) is 29.2 Å². The molecule has 122 valence electrons. The van der Waals surface area contributed by atoms with E-state index in [1.54, 1.807) is 18.9 Å². The fourth-order valence-electron chi connectivity index (χ4n) is 2.78. The van der Waals surface area contributed by atoms with Crippen molar-refractivity contribution in [3.63, 3.8) is 0 Å². The maximum absolute atomic E-state index is 12.6. The number of hydrogen-bond donors (Lipinski definition) is 0. The number of carbonyl (C=O) groups excluding carboxylic acids is 1. The molecular weight excluding hydrogens is 296 g/mol. The Bertz CT molecular complexity index is 487. The van der Waals surface area contributed by atoms with Crippen LogP contribution in [0, 0.1) is 0 Å². The third-order valence-electron chi connectivity index (χ3n) is 4.02. The van der Waals surface area contributed by atoms with Crippen molar-refractivity contribution in [2.45, 2.75) is 24.8 Å². The molecule has 0 saturated carbocycles. The Hall–Kier alpha value is -1.04. The van der Waals surface area contributed by atoms with Gasteiger partial charge < -0.3 is 9.64 Å². The molecule has 0 spiro atoms. The third-order valence-corrected chi connectivity index (χ3v) is 4.90. The predicted octanol–water partition coefficient (Wildman–Crippen LogP) is 2.59. The number of methoxy groups -OCH3 is 1. The van der Waals surface area contributed by atoms with E-state index in [0.717, 1.165) is 44.1 Å². The van der Waals surface area contributed by atoms with Crippen molar-refractivity contribution in [3.05, 3.63) is 29.8 Å². The fourth-order valence-corrected chi connectivity index (χ4v) is 3.50. The molecule has 22 heavy (non-hydrogen) atoms. The van der Waals surface area contributed by atoms with E-state index in [4.69, 9.17) is 4.74 Å². The maximum Gasteiger partial charge on any atom is 0.253 e. The summed E-state index contributed by atoms with van der Waals surface area (Å²) >= 11 is 1.77. The summed E-state index contributed by atoms with van der Waals surface area (Å²) in [6.07, 6.45) is 0. The van der Waals surface area contributed by atoms with Crippen LogP contribution >= 0.6 is 11.8 Å². The summed E-state index contributed by atoms with van der Waals surface area (Å²) in [7, 11) is 1.73. The van der Waals surface area contributed by atoms with Gasteiger partial charge in [0.05, 0.1) is 6.61 Å². The molecule has 1 aromatic carbocycles. The first-order chi connectivity index (χ1) is 10.7. The summed E-state index contributed by atoms with van der Waals surface area (Å²) in [4.78, 5) is 18.1. The Morgan fingerprint density at radius 2 is 2.05 bits per heavy atom. The smallest absolute Gasteiger partial charge is 0.253 e. The highest BCUT2D eigenvalue weighted by atomic mass is 32.2. The van der Waals surface area contributed by atoms with E-state index in [1.807, 2.05) is 23.1 Å². The zero-order chi connectivity index (χ0) is 15.9. The van der Waals surface area contributed by atoms with Crippen LogP contribution in [0.4, 0.5) is 0 Å². The highest BCUT2D eigenvalue weighted by Crippen LogP contribution is 2.20. The molecular formula is C17H26N2O2S. The van der Waals surface area contributed by atoms with Crippen molar-refractivity contribution in [2.24, 2.45) is 0 Å². The molecule has 2 rings (SSSR count). The van der Waals surface area contributed by atoms with Gasteiger partial charge in [0, 0.05) is 49.8 Å². The first-order valence-electron chi connectivity index (χ1n) is 7.90. The Labute approximate surface area is 137 Å². The molecule has 1 atom stereocenters. The van der Waals surface area contributed by atoms with Gasteiger partial charge in [-0.1, -0.05) is 13.0 Å². The van der Waals surface area contributed by atoms with Gasteiger partial charge in [0.15, 0.2) is 0 Å². The minimum Gasteiger partial charge on any atom is -0.383 e. The van der Waals surface area contributed by atoms with Crippen molar-refractivity contribution in [3.8, 4) is 0 Å². The van der Waals surface area contributed by atoms with Crippen LogP contribution in [0.5, 0.6) is 0 Å². The zero-order valence-electron chi connectivity index (χ0n) is 13.7. The summed E-state index contributed by atoms with van der Waals surface area (Å²) in [5, 5.41) is 0. The molecule has 1 aromatic rings. The van der Waals surface area contributed by atoms with Gasteiger partial charge in [0.25, 0.3) is 5.91 Å². The van der Waals surface area contributed by atoms with Gasteiger partial charge in [-0.15, -0.1) is 11.8 Å². The van der Waals surface area contributed by atoms with E-state index in [9.17, 15) is 4.79 Å². The molecule has 4 nitrogen and oxygen atoms in total. The molecule has 1 aliphatic rings. The average Bonchev–Trinajstić information content (AvgIpc) is 2.55. The molecule has 1 heterocycles. The number of nitrogens with zero attached hydrogens (tertiary/aromatic N) is 2. The van der Waals surface area contributed by atoms with E-state index in [0.29, 0.717) is 6.04 Å². The molecule has 0 radical (unpaired) electrons. The van der Waals surface area contributed by atoms with Crippen molar-refractivity contribution >= 4 is 17.7 Å². The van der Waals surface area contributed by atoms with Gasteiger partial charge in [-0.25, -0.2) is 0 Å². The number of rotatable bonds is 6. The quantitative estimate of drug-likeness (QED) is 0.754. The Morgan fingerprint density at radius 1 is 1.32 bits per heavy atom. The predicted molar refractivity (Wildman–Crippen MR) is 91.7 cm³/mol. The SMILES string of the molecule is CCSc1cccc(C(=O)N2CCN([C@H](C)COC)CC2)c1. The van der Waals surface area contributed by atoms with E-state index in [2.05, 4.69) is 24.8 Å². The van der Waals surface area contributed by atoms with Crippen molar-refractivity contribution in [2.75, 3.05) is 45.6 Å². The number of ether oxygens (including phenoxy) is 1. The van der Waals surface area contributed by atoms with Crippen LogP contribution in [0.1, 0.15) is 24.2 Å². The van der Waals surface area contributed by atoms with Crippen LogP contribution < -0.4 is 0 Å². The van der Waals surface area contributed by atoms with Gasteiger partial charge in [-0.05, 0) is 30.9 Å². The third kappa shape index (κ3) is 4.48. The highest BCUT2D eigenvalue weighted by molar-refractivity contribution is 7.99. The summed E-state index contributed by atoms with van der Waals surface area (Å²) in [5.41, 5.74) is 0.803. The number of amides is 1. The molecule has 5 heteroatoms. The van der Waals surface area contributed by atoms with Gasteiger partial charge in [0.2, 0.25) is 0 Å². The first kappa shape index (κ1) is 17.3. The van der Waals surface area contributed by atoms with Crippen molar-refractivity contribution < 1.29 is 9.53 Å². The summed E-state index contributed by atoms with van der Waals surface area (Å²) in [5.74, 6) is 1.17. The number of piperazine rings is 1. The molecule has 1 aliphatic heterocycles. The molecule has 0 aliphatic carbocycles. The number of benzene rings is 1. The van der Waals surface area contributed by atoms with Crippen molar-refractivity contribution in [1.29, 1.82) is 0 Å². The van der Waals surface area contributed by atoms with E-state index >= 15 is 0 Å². The fraction of sp³-hybridized carbons (Fsp3) is 0.588. The average molecular weight is 322 g/mol.